The van der Waals surface area contributed by atoms with Gasteiger partial charge in [-0.1, -0.05) is 6.92 Å². The molecule has 4 heterocycles. The third-order valence-corrected chi connectivity index (χ3v) is 6.54. The number of hydrogen-bond acceptors (Lipinski definition) is 5. The molecule has 2 aliphatic rings. The number of amides is 1. The van der Waals surface area contributed by atoms with E-state index in [4.69, 9.17) is 0 Å². The van der Waals surface area contributed by atoms with E-state index in [1.165, 1.54) is 24.1 Å². The van der Waals surface area contributed by atoms with Gasteiger partial charge >= 0.3 is 0 Å². The van der Waals surface area contributed by atoms with Gasteiger partial charge in [-0.05, 0) is 50.8 Å². The first-order chi connectivity index (χ1) is 12.7. The first-order valence-electron chi connectivity index (χ1n) is 9.73. The molecule has 1 amide bonds. The maximum atomic E-state index is 13.0. The number of H-pyrrole nitrogens is 1. The lowest BCUT2D eigenvalue weighted by atomic mass is 9.92. The standard InChI is InChI=1S/C19H27N5OS/c1-2-14-10-21-22-18(14)15-6-5-9-24(12-15)19(25)16-11-20-17(26-16)13-23-7-3-4-8-23/h10-11,15H,2-9,12-13H2,1H3,(H,21,22)/t15-/m0/s1. The predicted molar refractivity (Wildman–Crippen MR) is 102 cm³/mol. The lowest BCUT2D eigenvalue weighted by Crippen LogP contribution is -2.39. The van der Waals surface area contributed by atoms with Crippen molar-refractivity contribution in [2.45, 2.75) is 51.5 Å². The Morgan fingerprint density at radius 1 is 1.27 bits per heavy atom. The number of aryl methyl sites for hydroxylation is 1. The van der Waals surface area contributed by atoms with Crippen LogP contribution in [0.25, 0.3) is 0 Å². The van der Waals surface area contributed by atoms with Crippen molar-refractivity contribution in [1.29, 1.82) is 0 Å². The van der Waals surface area contributed by atoms with E-state index >= 15 is 0 Å². The molecule has 140 valence electrons. The fourth-order valence-electron chi connectivity index (χ4n) is 4.12. The van der Waals surface area contributed by atoms with Crippen molar-refractivity contribution >= 4 is 17.2 Å². The van der Waals surface area contributed by atoms with Crippen molar-refractivity contribution in [3.63, 3.8) is 0 Å². The molecule has 6 nitrogen and oxygen atoms in total. The fourth-order valence-corrected chi connectivity index (χ4v) is 5.05. The number of carbonyl (C=O) groups excluding carboxylic acids is 1. The number of aromatic nitrogens is 3. The van der Waals surface area contributed by atoms with Crippen LogP contribution in [0.5, 0.6) is 0 Å². The molecular formula is C19H27N5OS. The molecule has 2 aromatic rings. The normalized spacial score (nSPS) is 21.4. The van der Waals surface area contributed by atoms with Crippen molar-refractivity contribution < 1.29 is 4.79 Å². The van der Waals surface area contributed by atoms with Gasteiger partial charge in [0, 0.05) is 24.7 Å². The van der Waals surface area contributed by atoms with Gasteiger partial charge in [0.2, 0.25) is 0 Å². The number of piperidine rings is 1. The molecule has 0 spiro atoms. The third-order valence-electron chi connectivity index (χ3n) is 5.57. The zero-order valence-corrected chi connectivity index (χ0v) is 16.2. The monoisotopic (exact) mass is 373 g/mol. The van der Waals surface area contributed by atoms with Gasteiger partial charge in [-0.15, -0.1) is 11.3 Å². The second kappa shape index (κ2) is 7.88. The smallest absolute Gasteiger partial charge is 0.265 e. The second-order valence-electron chi connectivity index (χ2n) is 7.35. The highest BCUT2D eigenvalue weighted by molar-refractivity contribution is 7.13. The van der Waals surface area contributed by atoms with E-state index in [1.807, 2.05) is 11.1 Å². The van der Waals surface area contributed by atoms with E-state index in [-0.39, 0.29) is 5.91 Å². The summed E-state index contributed by atoms with van der Waals surface area (Å²) in [5.41, 5.74) is 2.49. The quantitative estimate of drug-likeness (QED) is 0.875. The Bertz CT molecular complexity index is 749. The van der Waals surface area contributed by atoms with Gasteiger partial charge in [0.25, 0.3) is 5.91 Å². The highest BCUT2D eigenvalue weighted by Gasteiger charge is 2.28. The van der Waals surface area contributed by atoms with Crippen LogP contribution in [0.1, 0.15) is 64.5 Å². The SMILES string of the molecule is CCc1cn[nH]c1[C@H]1CCCN(C(=O)c2cnc(CN3CCCC3)s2)C1. The largest absolute Gasteiger partial charge is 0.337 e. The maximum Gasteiger partial charge on any atom is 0.265 e. The Kier molecular flexibility index (Phi) is 5.36. The van der Waals surface area contributed by atoms with E-state index in [2.05, 4.69) is 27.0 Å². The topological polar surface area (TPSA) is 65.1 Å². The van der Waals surface area contributed by atoms with Crippen molar-refractivity contribution in [1.82, 2.24) is 25.0 Å². The Labute approximate surface area is 158 Å². The molecule has 0 bridgehead atoms. The van der Waals surface area contributed by atoms with Crippen LogP contribution < -0.4 is 0 Å². The average molecular weight is 374 g/mol. The van der Waals surface area contributed by atoms with Gasteiger partial charge in [-0.25, -0.2) is 4.98 Å². The number of aromatic amines is 1. The number of nitrogens with one attached hydrogen (secondary N) is 1. The summed E-state index contributed by atoms with van der Waals surface area (Å²) in [6, 6.07) is 0. The summed E-state index contributed by atoms with van der Waals surface area (Å²) in [4.78, 5) is 22.7. The number of thiazole rings is 1. The molecule has 4 rings (SSSR count). The molecule has 2 aromatic heterocycles. The van der Waals surface area contributed by atoms with Crippen LogP contribution in [0.3, 0.4) is 0 Å². The van der Waals surface area contributed by atoms with Gasteiger partial charge in [-0.2, -0.15) is 5.10 Å². The van der Waals surface area contributed by atoms with Gasteiger partial charge in [0.15, 0.2) is 0 Å². The minimum absolute atomic E-state index is 0.137. The van der Waals surface area contributed by atoms with E-state index in [9.17, 15) is 4.79 Å². The molecule has 7 heteroatoms. The number of nitrogens with zero attached hydrogens (tertiary/aromatic N) is 4. The van der Waals surface area contributed by atoms with Crippen LogP contribution in [0.4, 0.5) is 0 Å². The van der Waals surface area contributed by atoms with E-state index in [0.29, 0.717) is 5.92 Å². The van der Waals surface area contributed by atoms with Crippen molar-refractivity contribution in [3.8, 4) is 0 Å². The number of likely N-dealkylation sites (tertiary alicyclic amines) is 2. The summed E-state index contributed by atoms with van der Waals surface area (Å²) in [6.07, 6.45) is 9.38. The Morgan fingerprint density at radius 2 is 2.12 bits per heavy atom. The predicted octanol–water partition coefficient (Wildman–Crippen LogP) is 3.04. The Balaban J connectivity index is 1.42. The number of carbonyl (C=O) groups is 1. The summed E-state index contributed by atoms with van der Waals surface area (Å²) < 4.78 is 0. The molecule has 0 aliphatic carbocycles. The molecule has 26 heavy (non-hydrogen) atoms. The Hall–Kier alpha value is -1.73. The molecule has 0 unspecified atom stereocenters. The van der Waals surface area contributed by atoms with Crippen LogP contribution >= 0.6 is 11.3 Å². The van der Waals surface area contributed by atoms with Crippen LogP contribution in [-0.2, 0) is 13.0 Å². The lowest BCUT2D eigenvalue weighted by molar-refractivity contribution is 0.0710. The number of rotatable bonds is 5. The summed E-state index contributed by atoms with van der Waals surface area (Å²) in [5, 5.41) is 8.43. The molecular weight excluding hydrogens is 346 g/mol. The fraction of sp³-hybridized carbons (Fsp3) is 0.632. The first-order valence-corrected chi connectivity index (χ1v) is 10.5. The summed E-state index contributed by atoms with van der Waals surface area (Å²) >= 11 is 1.56. The van der Waals surface area contributed by atoms with E-state index < -0.39 is 0 Å². The molecule has 0 radical (unpaired) electrons. The highest BCUT2D eigenvalue weighted by atomic mass is 32.1. The molecule has 1 atom stereocenters. The van der Waals surface area contributed by atoms with Gasteiger partial charge in [0.1, 0.15) is 9.88 Å². The zero-order chi connectivity index (χ0) is 17.9. The van der Waals surface area contributed by atoms with Crippen LogP contribution in [0, 0.1) is 0 Å². The van der Waals surface area contributed by atoms with Crippen LogP contribution in [0.2, 0.25) is 0 Å². The van der Waals surface area contributed by atoms with E-state index in [1.54, 1.807) is 17.5 Å². The molecule has 0 aromatic carbocycles. The average Bonchev–Trinajstić information content (AvgIpc) is 3.43. The molecule has 2 aliphatic heterocycles. The second-order valence-corrected chi connectivity index (χ2v) is 8.47. The van der Waals surface area contributed by atoms with Gasteiger partial charge < -0.3 is 4.90 Å². The van der Waals surface area contributed by atoms with Crippen molar-refractivity contribution in [3.05, 3.63) is 33.5 Å². The summed E-state index contributed by atoms with van der Waals surface area (Å²) in [7, 11) is 0. The van der Waals surface area contributed by atoms with Crippen LogP contribution in [0.15, 0.2) is 12.4 Å². The summed E-state index contributed by atoms with van der Waals surface area (Å²) in [5.74, 6) is 0.500. The summed E-state index contributed by atoms with van der Waals surface area (Å²) in [6.45, 7) is 6.95. The molecule has 2 saturated heterocycles. The highest BCUT2D eigenvalue weighted by Crippen LogP contribution is 2.29. The molecule has 1 N–H and O–H groups in total. The van der Waals surface area contributed by atoms with Crippen molar-refractivity contribution in [2.24, 2.45) is 0 Å². The zero-order valence-electron chi connectivity index (χ0n) is 15.4. The van der Waals surface area contributed by atoms with Gasteiger partial charge in [-0.3, -0.25) is 14.8 Å². The van der Waals surface area contributed by atoms with Crippen LogP contribution in [-0.4, -0.2) is 57.1 Å². The molecule has 0 saturated carbocycles. The maximum absolute atomic E-state index is 13.0. The third kappa shape index (κ3) is 3.69. The lowest BCUT2D eigenvalue weighted by Gasteiger charge is -2.32. The Morgan fingerprint density at radius 3 is 2.92 bits per heavy atom. The van der Waals surface area contributed by atoms with Crippen molar-refractivity contribution in [2.75, 3.05) is 26.2 Å². The number of hydrogen-bond donors (Lipinski definition) is 1. The first kappa shape index (κ1) is 17.7. The van der Waals surface area contributed by atoms with E-state index in [0.717, 1.165) is 61.9 Å². The minimum Gasteiger partial charge on any atom is -0.337 e. The minimum atomic E-state index is 0.137. The van der Waals surface area contributed by atoms with Gasteiger partial charge in [0.05, 0.1) is 18.9 Å². The molecule has 2 fully saturated rings.